The molecule has 1 aromatic rings. The summed E-state index contributed by atoms with van der Waals surface area (Å²) in [6, 6.07) is 4.55. The minimum atomic E-state index is -0.572. The zero-order chi connectivity index (χ0) is 12.4. The zero-order valence-electron chi connectivity index (χ0n) is 9.80. The molecule has 2 rings (SSSR count). The predicted molar refractivity (Wildman–Crippen MR) is 65.4 cm³/mol. The number of aromatic hydroxyl groups is 1. The van der Waals surface area contributed by atoms with Crippen LogP contribution in [-0.2, 0) is 0 Å². The molecule has 0 aliphatic carbocycles. The summed E-state index contributed by atoms with van der Waals surface area (Å²) in [4.78, 5) is 12.2. The van der Waals surface area contributed by atoms with Gasteiger partial charge < -0.3 is 10.0 Å². The zero-order valence-corrected chi connectivity index (χ0v) is 9.80. The molecule has 0 radical (unpaired) electrons. The Kier molecular flexibility index (Phi) is 3.17. The van der Waals surface area contributed by atoms with E-state index in [-0.39, 0.29) is 11.4 Å². The summed E-state index contributed by atoms with van der Waals surface area (Å²) in [5.41, 5.74) is 0.624. The van der Waals surface area contributed by atoms with E-state index >= 15 is 0 Å². The lowest BCUT2D eigenvalue weighted by Crippen LogP contribution is -2.32. The van der Waals surface area contributed by atoms with Crippen LogP contribution >= 0.6 is 0 Å². The molecule has 1 aliphatic rings. The van der Waals surface area contributed by atoms with Crippen molar-refractivity contribution in [2.75, 3.05) is 18.0 Å². The Balaban J connectivity index is 2.17. The minimum absolute atomic E-state index is 0.237. The van der Waals surface area contributed by atoms with E-state index in [9.17, 15) is 15.2 Å². The second-order valence-corrected chi connectivity index (χ2v) is 4.60. The van der Waals surface area contributed by atoms with Gasteiger partial charge in [0.15, 0.2) is 5.75 Å². The minimum Gasteiger partial charge on any atom is -0.502 e. The molecule has 1 aliphatic heterocycles. The number of rotatable bonds is 2. The largest absolute Gasteiger partial charge is 0.502 e. The Hall–Kier alpha value is -1.78. The van der Waals surface area contributed by atoms with Gasteiger partial charge in [0.1, 0.15) is 0 Å². The molecule has 0 aromatic heterocycles. The molecule has 5 heteroatoms. The molecule has 0 saturated carbocycles. The van der Waals surface area contributed by atoms with E-state index in [4.69, 9.17) is 0 Å². The molecule has 1 heterocycles. The van der Waals surface area contributed by atoms with Crippen LogP contribution in [0.1, 0.15) is 19.8 Å². The number of nitro benzene ring substituents is 1. The molecule has 1 N–H and O–H groups in total. The maximum atomic E-state index is 10.6. The molecule has 17 heavy (non-hydrogen) atoms. The van der Waals surface area contributed by atoms with Gasteiger partial charge in [-0.15, -0.1) is 0 Å². The van der Waals surface area contributed by atoms with E-state index in [1.807, 2.05) is 0 Å². The Morgan fingerprint density at radius 1 is 1.41 bits per heavy atom. The Bertz CT molecular complexity index is 426. The van der Waals surface area contributed by atoms with E-state index in [2.05, 4.69) is 11.8 Å². The summed E-state index contributed by atoms with van der Waals surface area (Å²) in [5.74, 6) is 0.476. The number of piperidine rings is 1. The second kappa shape index (κ2) is 4.61. The van der Waals surface area contributed by atoms with Gasteiger partial charge in [0.25, 0.3) is 0 Å². The first kappa shape index (κ1) is 11.7. The monoisotopic (exact) mass is 236 g/mol. The van der Waals surface area contributed by atoms with Crippen molar-refractivity contribution >= 4 is 11.4 Å². The van der Waals surface area contributed by atoms with Crippen molar-refractivity contribution in [2.45, 2.75) is 19.8 Å². The standard InChI is InChI=1S/C12H16N2O3/c1-9-4-6-13(7-5-9)10-2-3-11(14(16)17)12(15)8-10/h2-3,8-9,15H,4-7H2,1H3. The van der Waals surface area contributed by atoms with Crippen LogP contribution in [0.3, 0.4) is 0 Å². The Morgan fingerprint density at radius 3 is 2.59 bits per heavy atom. The van der Waals surface area contributed by atoms with Crippen LogP contribution in [0, 0.1) is 16.0 Å². The maximum absolute atomic E-state index is 10.6. The number of hydrogen-bond donors (Lipinski definition) is 1. The topological polar surface area (TPSA) is 66.6 Å². The van der Waals surface area contributed by atoms with Gasteiger partial charge in [0.05, 0.1) is 4.92 Å². The molecular weight excluding hydrogens is 220 g/mol. The van der Waals surface area contributed by atoms with Gasteiger partial charge in [-0.1, -0.05) is 6.92 Å². The summed E-state index contributed by atoms with van der Waals surface area (Å²) in [6.07, 6.45) is 2.25. The molecule has 92 valence electrons. The lowest BCUT2D eigenvalue weighted by Gasteiger charge is -2.32. The molecule has 0 spiro atoms. The summed E-state index contributed by atoms with van der Waals surface area (Å²) in [5, 5.41) is 20.2. The smallest absolute Gasteiger partial charge is 0.310 e. The van der Waals surface area contributed by atoms with Crippen molar-refractivity contribution in [1.29, 1.82) is 0 Å². The number of phenols is 1. The highest BCUT2D eigenvalue weighted by Crippen LogP contribution is 2.32. The Morgan fingerprint density at radius 2 is 2.06 bits per heavy atom. The number of phenolic OH excluding ortho intramolecular Hbond substituents is 1. The quantitative estimate of drug-likeness (QED) is 0.633. The van der Waals surface area contributed by atoms with E-state index in [1.54, 1.807) is 6.07 Å². The average Bonchev–Trinajstić information content (AvgIpc) is 2.29. The first-order valence-electron chi connectivity index (χ1n) is 5.80. The fourth-order valence-corrected chi connectivity index (χ4v) is 2.13. The van der Waals surface area contributed by atoms with Gasteiger partial charge in [-0.2, -0.15) is 0 Å². The fourth-order valence-electron chi connectivity index (χ4n) is 2.13. The van der Waals surface area contributed by atoms with Crippen LogP contribution in [0.15, 0.2) is 18.2 Å². The van der Waals surface area contributed by atoms with Crippen molar-refractivity contribution < 1.29 is 10.0 Å². The van der Waals surface area contributed by atoms with Gasteiger partial charge in [0, 0.05) is 30.9 Å². The average molecular weight is 236 g/mol. The lowest BCUT2D eigenvalue weighted by atomic mass is 9.99. The Labute approximate surface area is 99.8 Å². The first-order valence-corrected chi connectivity index (χ1v) is 5.80. The van der Waals surface area contributed by atoms with Crippen molar-refractivity contribution in [1.82, 2.24) is 0 Å². The molecule has 5 nitrogen and oxygen atoms in total. The van der Waals surface area contributed by atoms with Gasteiger partial charge in [-0.3, -0.25) is 10.1 Å². The fraction of sp³-hybridized carbons (Fsp3) is 0.500. The molecule has 1 aromatic carbocycles. The number of anilines is 1. The lowest BCUT2D eigenvalue weighted by molar-refractivity contribution is -0.385. The molecule has 0 amide bonds. The van der Waals surface area contributed by atoms with Crippen LogP contribution in [0.25, 0.3) is 0 Å². The number of hydrogen-bond acceptors (Lipinski definition) is 4. The molecule has 0 bridgehead atoms. The van der Waals surface area contributed by atoms with Crippen molar-refractivity contribution in [2.24, 2.45) is 5.92 Å². The van der Waals surface area contributed by atoms with E-state index < -0.39 is 4.92 Å². The summed E-state index contributed by atoms with van der Waals surface area (Å²) in [6.45, 7) is 4.11. The van der Waals surface area contributed by atoms with Crippen LogP contribution in [0.5, 0.6) is 5.75 Å². The SMILES string of the molecule is CC1CCN(c2ccc([N+](=O)[O-])c(O)c2)CC1. The third kappa shape index (κ3) is 2.49. The highest BCUT2D eigenvalue weighted by Gasteiger charge is 2.19. The summed E-state index contributed by atoms with van der Waals surface area (Å²) < 4.78 is 0. The van der Waals surface area contributed by atoms with E-state index in [1.165, 1.54) is 12.1 Å². The van der Waals surface area contributed by atoms with Gasteiger partial charge >= 0.3 is 5.69 Å². The van der Waals surface area contributed by atoms with Crippen LogP contribution in [0.2, 0.25) is 0 Å². The van der Waals surface area contributed by atoms with Gasteiger partial charge in [-0.05, 0) is 24.8 Å². The number of nitro groups is 1. The molecule has 1 fully saturated rings. The predicted octanol–water partition coefficient (Wildman–Crippen LogP) is 2.54. The van der Waals surface area contributed by atoms with Crippen LogP contribution in [0.4, 0.5) is 11.4 Å². The highest BCUT2D eigenvalue weighted by atomic mass is 16.6. The van der Waals surface area contributed by atoms with Crippen LogP contribution in [-0.4, -0.2) is 23.1 Å². The molecule has 0 atom stereocenters. The van der Waals surface area contributed by atoms with E-state index in [0.29, 0.717) is 0 Å². The van der Waals surface area contributed by atoms with Crippen molar-refractivity contribution in [3.05, 3.63) is 28.3 Å². The van der Waals surface area contributed by atoms with Crippen molar-refractivity contribution in [3.8, 4) is 5.75 Å². The van der Waals surface area contributed by atoms with Gasteiger partial charge in [-0.25, -0.2) is 0 Å². The number of nitrogens with zero attached hydrogens (tertiary/aromatic N) is 2. The second-order valence-electron chi connectivity index (χ2n) is 4.60. The first-order chi connectivity index (χ1) is 8.08. The third-order valence-corrected chi connectivity index (χ3v) is 3.30. The van der Waals surface area contributed by atoms with E-state index in [0.717, 1.165) is 37.5 Å². The van der Waals surface area contributed by atoms with Crippen LogP contribution < -0.4 is 4.90 Å². The molecule has 0 unspecified atom stereocenters. The third-order valence-electron chi connectivity index (χ3n) is 3.30. The molecule has 1 saturated heterocycles. The maximum Gasteiger partial charge on any atom is 0.310 e. The van der Waals surface area contributed by atoms with Crippen molar-refractivity contribution in [3.63, 3.8) is 0 Å². The normalized spacial score (nSPS) is 17.1. The van der Waals surface area contributed by atoms with Gasteiger partial charge in [0.2, 0.25) is 0 Å². The number of benzene rings is 1. The summed E-state index contributed by atoms with van der Waals surface area (Å²) in [7, 11) is 0. The summed E-state index contributed by atoms with van der Waals surface area (Å²) >= 11 is 0. The molecular formula is C12H16N2O3. The highest BCUT2D eigenvalue weighted by molar-refractivity contribution is 5.58.